The van der Waals surface area contributed by atoms with Crippen LogP contribution in [0.3, 0.4) is 0 Å². The van der Waals surface area contributed by atoms with Crippen LogP contribution < -0.4 is 20.9 Å². The molecule has 4 heterocycles. The highest BCUT2D eigenvalue weighted by Crippen LogP contribution is 2.40. The predicted molar refractivity (Wildman–Crippen MR) is 178 cm³/mol. The Morgan fingerprint density at radius 2 is 1.92 bits per heavy atom. The number of hydrogen-bond acceptors (Lipinski definition) is 7. The molecule has 4 atom stereocenters. The molecule has 12 heteroatoms. The molecule has 2 saturated heterocycles. The van der Waals surface area contributed by atoms with E-state index >= 15 is 0 Å². The number of morpholine rings is 1. The molecule has 1 aromatic heterocycles. The van der Waals surface area contributed by atoms with Gasteiger partial charge in [0.05, 0.1) is 31.3 Å². The van der Waals surface area contributed by atoms with Gasteiger partial charge in [0.2, 0.25) is 5.91 Å². The van der Waals surface area contributed by atoms with Gasteiger partial charge in [-0.15, -0.1) is 0 Å². The lowest BCUT2D eigenvalue weighted by Gasteiger charge is -2.35. The number of allylic oxidation sites excluding steroid dienone is 1. The summed E-state index contributed by atoms with van der Waals surface area (Å²) in [5.41, 5.74) is 4.27. The van der Waals surface area contributed by atoms with Crippen LogP contribution in [-0.4, -0.2) is 80.6 Å². The molecular formula is C36H44F3N5O4. The number of nitrogens with zero attached hydrogens (tertiary/aromatic N) is 2. The number of amides is 2. The van der Waals surface area contributed by atoms with Gasteiger partial charge in [-0.1, -0.05) is 12.5 Å². The van der Waals surface area contributed by atoms with Crippen molar-refractivity contribution in [2.24, 2.45) is 5.92 Å². The highest BCUT2D eigenvalue weighted by atomic mass is 19.4. The molecule has 2 aromatic rings. The summed E-state index contributed by atoms with van der Waals surface area (Å²) >= 11 is 0. The van der Waals surface area contributed by atoms with Crippen LogP contribution in [0.2, 0.25) is 0 Å². The fraction of sp³-hybridized carbons (Fsp3) is 0.528. The van der Waals surface area contributed by atoms with Crippen LogP contribution in [0.5, 0.6) is 0 Å². The number of rotatable bonds is 8. The average molecular weight is 668 g/mol. The van der Waals surface area contributed by atoms with E-state index in [-0.39, 0.29) is 43.3 Å². The number of pyridine rings is 1. The molecule has 1 aromatic carbocycles. The summed E-state index contributed by atoms with van der Waals surface area (Å²) in [6.07, 6.45) is 1.29. The number of anilines is 2. The van der Waals surface area contributed by atoms with E-state index in [0.29, 0.717) is 36.5 Å². The normalized spacial score (nSPS) is 24.8. The van der Waals surface area contributed by atoms with Crippen LogP contribution in [0.1, 0.15) is 61.9 Å². The molecule has 4 unspecified atom stereocenters. The second kappa shape index (κ2) is 14.3. The van der Waals surface area contributed by atoms with Crippen LogP contribution in [0, 0.1) is 12.8 Å². The molecule has 6 rings (SSSR count). The van der Waals surface area contributed by atoms with Crippen molar-refractivity contribution in [3.63, 3.8) is 0 Å². The van der Waals surface area contributed by atoms with Gasteiger partial charge in [-0.3, -0.25) is 9.59 Å². The number of benzene rings is 1. The zero-order chi connectivity index (χ0) is 34.0. The third-order valence-electron chi connectivity index (χ3n) is 10.0. The standard InChI is InChI=1S/C36H44F3N5O4/c1-4-27-18-26(9-12-48-27)43-32-16-24(23-5-8-33(40-19-23)44-10-13-47-14-11-44)15-29(21(32)2)34(45)41-20-31-28-7-6-25(36(37,38)39)17-30(28)22(3)42-35(31)46/h5,8,15-17,19,22,26-27,31,43H,4,6-7,9-14,18,20H2,1-3H3,(H,41,45)(H,42,46). The number of nitrogens with one attached hydrogen (secondary N) is 3. The number of halogens is 3. The zero-order valence-corrected chi connectivity index (χ0v) is 27.7. The Morgan fingerprint density at radius 3 is 2.62 bits per heavy atom. The van der Waals surface area contributed by atoms with Gasteiger partial charge in [0.1, 0.15) is 5.82 Å². The van der Waals surface area contributed by atoms with Crippen molar-refractivity contribution in [3.8, 4) is 11.1 Å². The fourth-order valence-electron chi connectivity index (χ4n) is 7.14. The molecular weight excluding hydrogens is 623 g/mol. The average Bonchev–Trinajstić information content (AvgIpc) is 3.09. The second-order valence-electron chi connectivity index (χ2n) is 13.1. The molecule has 9 nitrogen and oxygen atoms in total. The SMILES string of the molecule is CCC1CC(Nc2cc(-c3ccc(N4CCOCC4)nc3)cc(C(=O)NCC3C(=O)NC(C)C4=C3CCC(C(F)(F)F)=C4)c2C)CCO1. The molecule has 0 bridgehead atoms. The molecule has 0 radical (unpaired) electrons. The van der Waals surface area contributed by atoms with E-state index < -0.39 is 23.7 Å². The van der Waals surface area contributed by atoms with Crippen molar-refractivity contribution in [2.75, 3.05) is 49.7 Å². The lowest BCUT2D eigenvalue weighted by Crippen LogP contribution is -2.48. The van der Waals surface area contributed by atoms with Crippen LogP contribution in [0.15, 0.2) is 53.3 Å². The number of aromatic nitrogens is 1. The summed E-state index contributed by atoms with van der Waals surface area (Å²) in [5.74, 6) is -0.538. The molecule has 3 N–H and O–H groups in total. The first-order valence-electron chi connectivity index (χ1n) is 16.9. The van der Waals surface area contributed by atoms with Gasteiger partial charge in [0.15, 0.2) is 0 Å². The van der Waals surface area contributed by atoms with Gasteiger partial charge in [-0.05, 0) is 93.0 Å². The number of alkyl halides is 3. The van der Waals surface area contributed by atoms with Gasteiger partial charge < -0.3 is 30.3 Å². The molecule has 48 heavy (non-hydrogen) atoms. The van der Waals surface area contributed by atoms with Gasteiger partial charge in [-0.2, -0.15) is 13.2 Å². The predicted octanol–water partition coefficient (Wildman–Crippen LogP) is 5.71. The van der Waals surface area contributed by atoms with E-state index in [0.717, 1.165) is 60.5 Å². The van der Waals surface area contributed by atoms with E-state index in [9.17, 15) is 22.8 Å². The van der Waals surface area contributed by atoms with Gasteiger partial charge in [-0.25, -0.2) is 4.98 Å². The number of hydrogen-bond donors (Lipinski definition) is 3. The van der Waals surface area contributed by atoms with E-state index in [4.69, 9.17) is 14.5 Å². The van der Waals surface area contributed by atoms with E-state index in [1.165, 1.54) is 6.08 Å². The highest BCUT2D eigenvalue weighted by Gasteiger charge is 2.40. The van der Waals surface area contributed by atoms with Crippen LogP contribution in [-0.2, 0) is 14.3 Å². The minimum atomic E-state index is -4.42. The van der Waals surface area contributed by atoms with Crippen molar-refractivity contribution < 1.29 is 32.2 Å². The Hall–Kier alpha value is -3.90. The minimum Gasteiger partial charge on any atom is -0.382 e. The zero-order valence-electron chi connectivity index (χ0n) is 27.7. The fourth-order valence-corrected chi connectivity index (χ4v) is 7.14. The molecule has 2 amide bonds. The topological polar surface area (TPSA) is 105 Å². The summed E-state index contributed by atoms with van der Waals surface area (Å²) in [5, 5.41) is 9.43. The second-order valence-corrected chi connectivity index (χ2v) is 13.1. The highest BCUT2D eigenvalue weighted by molar-refractivity contribution is 5.99. The molecule has 0 spiro atoms. The molecule has 1 aliphatic carbocycles. The lowest BCUT2D eigenvalue weighted by atomic mass is 9.79. The van der Waals surface area contributed by atoms with Crippen molar-refractivity contribution in [1.29, 1.82) is 0 Å². The molecule has 258 valence electrons. The van der Waals surface area contributed by atoms with Gasteiger partial charge in [0, 0.05) is 60.9 Å². The quantitative estimate of drug-likeness (QED) is 0.332. The van der Waals surface area contributed by atoms with Gasteiger partial charge in [0.25, 0.3) is 5.91 Å². The van der Waals surface area contributed by atoms with Gasteiger partial charge >= 0.3 is 6.18 Å². The first-order valence-corrected chi connectivity index (χ1v) is 16.9. The third kappa shape index (κ3) is 7.39. The maximum Gasteiger partial charge on any atom is 0.412 e. The Balaban J connectivity index is 1.27. The van der Waals surface area contributed by atoms with Crippen LogP contribution >= 0.6 is 0 Å². The van der Waals surface area contributed by atoms with Crippen molar-refractivity contribution >= 4 is 23.3 Å². The van der Waals surface area contributed by atoms with Crippen molar-refractivity contribution in [3.05, 3.63) is 64.4 Å². The van der Waals surface area contributed by atoms with E-state index in [1.807, 2.05) is 37.4 Å². The number of ether oxygens (including phenoxy) is 2. The maximum absolute atomic E-state index is 13.9. The Bertz CT molecular complexity index is 1580. The third-order valence-corrected chi connectivity index (χ3v) is 10.0. The molecule has 0 saturated carbocycles. The maximum atomic E-state index is 13.9. The number of carbonyl (C=O) groups excluding carboxylic acids is 2. The summed E-state index contributed by atoms with van der Waals surface area (Å²) in [7, 11) is 0. The lowest BCUT2D eigenvalue weighted by molar-refractivity contribution is -0.124. The summed E-state index contributed by atoms with van der Waals surface area (Å²) in [6.45, 7) is 9.20. The summed E-state index contributed by atoms with van der Waals surface area (Å²) in [4.78, 5) is 33.9. The van der Waals surface area contributed by atoms with Crippen LogP contribution in [0.4, 0.5) is 24.7 Å². The number of carbonyl (C=O) groups is 2. The monoisotopic (exact) mass is 667 g/mol. The van der Waals surface area contributed by atoms with Crippen molar-refractivity contribution in [1.82, 2.24) is 15.6 Å². The Morgan fingerprint density at radius 1 is 1.12 bits per heavy atom. The Kier molecular flexibility index (Phi) is 10.1. The van der Waals surface area contributed by atoms with E-state index in [1.54, 1.807) is 6.92 Å². The Labute approximate surface area is 279 Å². The van der Waals surface area contributed by atoms with Crippen molar-refractivity contribution in [2.45, 2.75) is 77.2 Å². The minimum absolute atomic E-state index is 0.0220. The first kappa shape index (κ1) is 34.0. The first-order chi connectivity index (χ1) is 23.0. The summed E-state index contributed by atoms with van der Waals surface area (Å²) < 4.78 is 51.9. The largest absolute Gasteiger partial charge is 0.412 e. The molecule has 3 aliphatic heterocycles. The van der Waals surface area contributed by atoms with E-state index in [2.05, 4.69) is 27.8 Å². The summed E-state index contributed by atoms with van der Waals surface area (Å²) in [6, 6.07) is 7.51. The van der Waals surface area contributed by atoms with Crippen LogP contribution in [0.25, 0.3) is 11.1 Å². The smallest absolute Gasteiger partial charge is 0.382 e. The molecule has 4 aliphatic rings. The molecule has 2 fully saturated rings.